The van der Waals surface area contributed by atoms with Gasteiger partial charge in [-0.05, 0) is 54.8 Å². The number of amides is 2. The van der Waals surface area contributed by atoms with Crippen LogP contribution in [0.25, 0.3) is 0 Å². The Kier molecular flexibility index (Phi) is 10.00. The molecule has 0 fully saturated rings. The molecule has 2 amide bonds. The average molecular weight is 498 g/mol. The summed E-state index contributed by atoms with van der Waals surface area (Å²) in [7, 11) is 4.71. The maximum atomic E-state index is 12.6. The van der Waals surface area contributed by atoms with Crippen molar-refractivity contribution in [3.63, 3.8) is 0 Å². The molecule has 0 unspecified atom stereocenters. The number of carbonyl (C=O) groups is 2. The largest absolute Gasteiger partial charge is 0.493 e. The molecule has 0 saturated carbocycles. The molecule has 9 heteroatoms. The number of hydrogen-bond donors (Lipinski definition) is 1. The second-order valence-corrected chi connectivity index (χ2v) is 8.34. The predicted molar refractivity (Wildman–Crippen MR) is 135 cm³/mol. The van der Waals surface area contributed by atoms with E-state index in [1.165, 1.54) is 7.11 Å². The molecule has 0 aliphatic rings. The Balaban J connectivity index is 1.56. The molecule has 0 radical (unpaired) electrons. The highest BCUT2D eigenvalue weighted by Crippen LogP contribution is 2.27. The minimum absolute atomic E-state index is 0.0443. The first-order valence-electron chi connectivity index (χ1n) is 12.0. The molecule has 0 atom stereocenters. The summed E-state index contributed by atoms with van der Waals surface area (Å²) in [5, 5.41) is 2.89. The summed E-state index contributed by atoms with van der Waals surface area (Å²) in [6, 6.07) is 13.1. The molecule has 3 aromatic rings. The SMILES string of the molecule is CCCN(Cc1cccn1Cc1ccc(C(=O)NCCc2ccc(OC)c(OC)c2)o1)C(=O)COC. The molecule has 0 bridgehead atoms. The third-order valence-corrected chi connectivity index (χ3v) is 5.75. The van der Waals surface area contributed by atoms with E-state index in [4.69, 9.17) is 18.6 Å². The summed E-state index contributed by atoms with van der Waals surface area (Å²) >= 11 is 0. The molecule has 3 rings (SSSR count). The maximum Gasteiger partial charge on any atom is 0.287 e. The number of carbonyl (C=O) groups excluding carboxylic acids is 2. The summed E-state index contributed by atoms with van der Waals surface area (Å²) in [6.07, 6.45) is 3.44. The zero-order valence-corrected chi connectivity index (χ0v) is 21.4. The number of benzene rings is 1. The Morgan fingerprint density at radius 3 is 2.58 bits per heavy atom. The minimum atomic E-state index is -0.270. The third kappa shape index (κ3) is 7.14. The zero-order valence-electron chi connectivity index (χ0n) is 21.4. The molecule has 0 saturated heterocycles. The van der Waals surface area contributed by atoms with E-state index in [0.29, 0.717) is 49.9 Å². The van der Waals surface area contributed by atoms with Crippen molar-refractivity contribution in [3.8, 4) is 11.5 Å². The minimum Gasteiger partial charge on any atom is -0.493 e. The Hall–Kier alpha value is -3.72. The molecule has 0 spiro atoms. The molecule has 0 aliphatic carbocycles. The van der Waals surface area contributed by atoms with Gasteiger partial charge < -0.3 is 33.4 Å². The van der Waals surface area contributed by atoms with Crippen LogP contribution in [0.3, 0.4) is 0 Å². The summed E-state index contributed by atoms with van der Waals surface area (Å²) < 4.78 is 23.4. The van der Waals surface area contributed by atoms with Crippen molar-refractivity contribution in [2.45, 2.75) is 32.9 Å². The van der Waals surface area contributed by atoms with E-state index >= 15 is 0 Å². The molecule has 2 heterocycles. The molecule has 0 aliphatic heterocycles. The van der Waals surface area contributed by atoms with Gasteiger partial charge in [-0.3, -0.25) is 9.59 Å². The Labute approximate surface area is 211 Å². The van der Waals surface area contributed by atoms with Gasteiger partial charge in [0.1, 0.15) is 12.4 Å². The summed E-state index contributed by atoms with van der Waals surface area (Å²) in [5.41, 5.74) is 2.00. The normalized spacial score (nSPS) is 10.8. The van der Waals surface area contributed by atoms with Gasteiger partial charge in [-0.25, -0.2) is 0 Å². The van der Waals surface area contributed by atoms with Gasteiger partial charge in [-0.2, -0.15) is 0 Å². The highest BCUT2D eigenvalue weighted by molar-refractivity contribution is 5.91. The fourth-order valence-electron chi connectivity index (χ4n) is 3.92. The van der Waals surface area contributed by atoms with E-state index in [1.807, 2.05) is 48.0 Å². The molecule has 1 aromatic carbocycles. The predicted octanol–water partition coefficient (Wildman–Crippen LogP) is 3.50. The van der Waals surface area contributed by atoms with Gasteiger partial charge in [0.05, 0.1) is 27.3 Å². The summed E-state index contributed by atoms with van der Waals surface area (Å²) in [6.45, 7) is 4.14. The van der Waals surface area contributed by atoms with Crippen LogP contribution in [0, 0.1) is 0 Å². The second-order valence-electron chi connectivity index (χ2n) is 8.34. The van der Waals surface area contributed by atoms with Crippen LogP contribution < -0.4 is 14.8 Å². The second kappa shape index (κ2) is 13.4. The number of methoxy groups -OCH3 is 3. The van der Waals surface area contributed by atoms with Crippen LogP contribution in [-0.2, 0) is 29.0 Å². The average Bonchev–Trinajstić information content (AvgIpc) is 3.53. The van der Waals surface area contributed by atoms with Crippen molar-refractivity contribution in [2.75, 3.05) is 41.0 Å². The van der Waals surface area contributed by atoms with Crippen molar-refractivity contribution in [2.24, 2.45) is 0 Å². The Morgan fingerprint density at radius 2 is 1.86 bits per heavy atom. The lowest BCUT2D eigenvalue weighted by Gasteiger charge is -2.22. The topological polar surface area (TPSA) is 95.2 Å². The molecular formula is C27H35N3O6. The van der Waals surface area contributed by atoms with Crippen molar-refractivity contribution < 1.29 is 28.2 Å². The third-order valence-electron chi connectivity index (χ3n) is 5.75. The van der Waals surface area contributed by atoms with E-state index in [0.717, 1.165) is 17.7 Å². The lowest BCUT2D eigenvalue weighted by atomic mass is 10.1. The van der Waals surface area contributed by atoms with E-state index in [1.54, 1.807) is 31.3 Å². The van der Waals surface area contributed by atoms with Crippen molar-refractivity contribution in [3.05, 3.63) is 71.4 Å². The first-order chi connectivity index (χ1) is 17.5. The quantitative estimate of drug-likeness (QED) is 0.366. The van der Waals surface area contributed by atoms with Crippen LogP contribution in [0.5, 0.6) is 11.5 Å². The Bertz CT molecular complexity index is 1140. The fraction of sp³-hybridized carbons (Fsp3) is 0.407. The number of ether oxygens (including phenoxy) is 3. The van der Waals surface area contributed by atoms with Crippen molar-refractivity contribution >= 4 is 11.8 Å². The van der Waals surface area contributed by atoms with E-state index in [-0.39, 0.29) is 24.2 Å². The number of nitrogens with one attached hydrogen (secondary N) is 1. The van der Waals surface area contributed by atoms with Gasteiger partial charge in [0.25, 0.3) is 5.91 Å². The van der Waals surface area contributed by atoms with Crippen LogP contribution in [0.2, 0.25) is 0 Å². The van der Waals surface area contributed by atoms with Gasteiger partial charge in [0, 0.05) is 32.1 Å². The van der Waals surface area contributed by atoms with Gasteiger partial charge in [0.15, 0.2) is 17.3 Å². The van der Waals surface area contributed by atoms with Gasteiger partial charge in [-0.1, -0.05) is 13.0 Å². The van der Waals surface area contributed by atoms with Gasteiger partial charge in [0.2, 0.25) is 5.91 Å². The van der Waals surface area contributed by atoms with Crippen LogP contribution in [0.15, 0.2) is 53.1 Å². The van der Waals surface area contributed by atoms with Crippen LogP contribution >= 0.6 is 0 Å². The zero-order chi connectivity index (χ0) is 25.9. The standard InChI is InChI=1S/C27H35N3O6/c1-5-14-30(26(31)19-33-2)17-21-7-6-15-29(21)18-22-9-11-24(36-22)27(32)28-13-12-20-8-10-23(34-3)25(16-20)35-4/h6-11,15-16H,5,12-14,17-19H2,1-4H3,(H,28,32). The lowest BCUT2D eigenvalue weighted by Crippen LogP contribution is -2.34. The summed E-state index contributed by atoms with van der Waals surface area (Å²) in [4.78, 5) is 26.7. The van der Waals surface area contributed by atoms with Crippen molar-refractivity contribution in [1.82, 2.24) is 14.8 Å². The number of furan rings is 1. The first kappa shape index (κ1) is 26.9. The van der Waals surface area contributed by atoms with E-state index < -0.39 is 0 Å². The van der Waals surface area contributed by atoms with Crippen molar-refractivity contribution in [1.29, 1.82) is 0 Å². The summed E-state index contributed by atoms with van der Waals surface area (Å²) in [5.74, 6) is 1.92. The fourth-order valence-corrected chi connectivity index (χ4v) is 3.92. The molecule has 36 heavy (non-hydrogen) atoms. The van der Waals surface area contributed by atoms with Crippen LogP contribution in [0.4, 0.5) is 0 Å². The molecule has 2 aromatic heterocycles. The van der Waals surface area contributed by atoms with E-state index in [9.17, 15) is 9.59 Å². The lowest BCUT2D eigenvalue weighted by molar-refractivity contribution is -0.135. The van der Waals surface area contributed by atoms with E-state index in [2.05, 4.69) is 5.32 Å². The van der Waals surface area contributed by atoms with Crippen LogP contribution in [0.1, 0.15) is 40.9 Å². The molecular weight excluding hydrogens is 462 g/mol. The molecule has 194 valence electrons. The smallest absolute Gasteiger partial charge is 0.287 e. The van der Waals surface area contributed by atoms with Gasteiger partial charge in [-0.15, -0.1) is 0 Å². The maximum absolute atomic E-state index is 12.6. The molecule has 9 nitrogen and oxygen atoms in total. The Morgan fingerprint density at radius 1 is 1.06 bits per heavy atom. The number of hydrogen-bond acceptors (Lipinski definition) is 6. The highest BCUT2D eigenvalue weighted by Gasteiger charge is 2.16. The monoisotopic (exact) mass is 497 g/mol. The highest BCUT2D eigenvalue weighted by atomic mass is 16.5. The first-order valence-corrected chi connectivity index (χ1v) is 12.0. The number of rotatable bonds is 14. The van der Waals surface area contributed by atoms with Crippen LogP contribution in [-0.4, -0.2) is 62.3 Å². The number of aromatic nitrogens is 1. The molecule has 1 N–H and O–H groups in total. The van der Waals surface area contributed by atoms with Gasteiger partial charge >= 0.3 is 0 Å². The number of nitrogens with zero attached hydrogens (tertiary/aromatic N) is 2.